The fraction of sp³-hybridized carbons (Fsp3) is 0.429. The van der Waals surface area contributed by atoms with Crippen molar-refractivity contribution >= 4 is 0 Å². The fourth-order valence-corrected chi connectivity index (χ4v) is 2.54. The van der Waals surface area contributed by atoms with Gasteiger partial charge in [-0.15, -0.1) is 0 Å². The van der Waals surface area contributed by atoms with Gasteiger partial charge in [-0.25, -0.2) is 9.97 Å². The fourth-order valence-electron chi connectivity index (χ4n) is 2.54. The highest BCUT2D eigenvalue weighted by Gasteiger charge is 2.16. The van der Waals surface area contributed by atoms with E-state index in [4.69, 9.17) is 5.73 Å². The van der Waals surface area contributed by atoms with Gasteiger partial charge in [0.2, 0.25) is 0 Å². The van der Waals surface area contributed by atoms with E-state index in [9.17, 15) is 0 Å². The Balaban J connectivity index is 1.92. The van der Waals surface area contributed by atoms with Crippen molar-refractivity contribution in [3.8, 4) is 5.82 Å². The molecule has 0 atom stereocenters. The zero-order valence-electron chi connectivity index (χ0n) is 10.5. The van der Waals surface area contributed by atoms with Crippen LogP contribution >= 0.6 is 0 Å². The number of fused-ring (bicyclic) bond motifs is 1. The van der Waals surface area contributed by atoms with Crippen molar-refractivity contribution < 1.29 is 0 Å². The van der Waals surface area contributed by atoms with Gasteiger partial charge < -0.3 is 5.73 Å². The molecule has 1 aliphatic carbocycles. The molecule has 0 saturated carbocycles. The second-order valence-electron chi connectivity index (χ2n) is 4.78. The minimum Gasteiger partial charge on any atom is -0.330 e. The molecular weight excluding hydrogens is 224 g/mol. The standard InChI is InChI=1S/C14H18N4/c15-8-7-11-5-6-14(16-9-11)18-10-17-12-3-1-2-4-13(12)18/h5-6,9-10H,1-4,7-8,15H2. The number of hydrogen-bond acceptors (Lipinski definition) is 3. The van der Waals surface area contributed by atoms with Gasteiger partial charge in [0.05, 0.1) is 5.69 Å². The Morgan fingerprint density at radius 1 is 1.17 bits per heavy atom. The van der Waals surface area contributed by atoms with Crippen LogP contribution in [0.2, 0.25) is 0 Å². The molecule has 0 spiro atoms. The monoisotopic (exact) mass is 242 g/mol. The highest BCUT2D eigenvalue weighted by atomic mass is 15.1. The Morgan fingerprint density at radius 3 is 2.83 bits per heavy atom. The molecule has 0 saturated heterocycles. The summed E-state index contributed by atoms with van der Waals surface area (Å²) in [5.41, 5.74) is 9.31. The van der Waals surface area contributed by atoms with Crippen LogP contribution in [0.15, 0.2) is 24.7 Å². The predicted molar refractivity (Wildman–Crippen MR) is 70.8 cm³/mol. The van der Waals surface area contributed by atoms with Gasteiger partial charge in [-0.1, -0.05) is 6.07 Å². The number of imidazole rings is 1. The molecular formula is C14H18N4. The third kappa shape index (κ3) is 2.04. The number of pyridine rings is 1. The van der Waals surface area contributed by atoms with Gasteiger partial charge >= 0.3 is 0 Å². The van der Waals surface area contributed by atoms with E-state index in [0.717, 1.165) is 25.1 Å². The maximum absolute atomic E-state index is 5.54. The first-order chi connectivity index (χ1) is 8.88. The molecule has 4 heteroatoms. The third-order valence-electron chi connectivity index (χ3n) is 3.52. The number of hydrogen-bond donors (Lipinski definition) is 1. The molecule has 0 aliphatic heterocycles. The first kappa shape index (κ1) is 11.4. The molecule has 0 amide bonds. The van der Waals surface area contributed by atoms with Gasteiger partial charge in [0.1, 0.15) is 12.1 Å². The normalized spacial score (nSPS) is 14.5. The molecule has 0 aromatic carbocycles. The Morgan fingerprint density at radius 2 is 2.06 bits per heavy atom. The molecule has 2 aromatic heterocycles. The van der Waals surface area contributed by atoms with Crippen LogP contribution in [0.1, 0.15) is 29.8 Å². The summed E-state index contributed by atoms with van der Waals surface area (Å²) in [5, 5.41) is 0. The summed E-state index contributed by atoms with van der Waals surface area (Å²) in [5.74, 6) is 0.964. The summed E-state index contributed by atoms with van der Waals surface area (Å²) in [7, 11) is 0. The summed E-state index contributed by atoms with van der Waals surface area (Å²) in [6, 6.07) is 4.16. The van der Waals surface area contributed by atoms with Crippen LogP contribution in [0.4, 0.5) is 0 Å². The van der Waals surface area contributed by atoms with Crippen LogP contribution in [0.3, 0.4) is 0 Å². The van der Waals surface area contributed by atoms with Crippen molar-refractivity contribution in [2.45, 2.75) is 32.1 Å². The Labute approximate surface area is 107 Å². The molecule has 0 fully saturated rings. The Bertz CT molecular complexity index is 527. The highest BCUT2D eigenvalue weighted by molar-refractivity contribution is 5.31. The van der Waals surface area contributed by atoms with E-state index in [-0.39, 0.29) is 0 Å². The van der Waals surface area contributed by atoms with Crippen molar-refractivity contribution in [1.82, 2.24) is 14.5 Å². The molecule has 3 rings (SSSR count). The van der Waals surface area contributed by atoms with E-state index >= 15 is 0 Å². The number of aryl methyl sites for hydroxylation is 1. The lowest BCUT2D eigenvalue weighted by atomic mass is 10.0. The van der Waals surface area contributed by atoms with Gasteiger partial charge in [-0.05, 0) is 50.3 Å². The number of aromatic nitrogens is 3. The lowest BCUT2D eigenvalue weighted by Crippen LogP contribution is -2.08. The SMILES string of the molecule is NCCc1ccc(-n2cnc3c2CCCC3)nc1. The van der Waals surface area contributed by atoms with Crippen molar-refractivity contribution in [2.24, 2.45) is 5.73 Å². The summed E-state index contributed by atoms with van der Waals surface area (Å²) < 4.78 is 2.13. The first-order valence-electron chi connectivity index (χ1n) is 6.59. The van der Waals surface area contributed by atoms with E-state index in [1.54, 1.807) is 0 Å². The van der Waals surface area contributed by atoms with Crippen LogP contribution in [0.25, 0.3) is 5.82 Å². The molecule has 1 aliphatic rings. The summed E-state index contributed by atoms with van der Waals surface area (Å²) in [6.45, 7) is 0.668. The van der Waals surface area contributed by atoms with E-state index in [0.29, 0.717) is 6.54 Å². The summed E-state index contributed by atoms with van der Waals surface area (Å²) >= 11 is 0. The average molecular weight is 242 g/mol. The Hall–Kier alpha value is -1.68. The van der Waals surface area contributed by atoms with Gasteiger partial charge in [0, 0.05) is 11.9 Å². The zero-order valence-corrected chi connectivity index (χ0v) is 10.5. The molecule has 94 valence electrons. The molecule has 0 bridgehead atoms. The number of nitrogens with zero attached hydrogens (tertiary/aromatic N) is 3. The van der Waals surface area contributed by atoms with E-state index in [2.05, 4.69) is 26.7 Å². The van der Waals surface area contributed by atoms with Crippen LogP contribution in [0.5, 0.6) is 0 Å². The summed E-state index contributed by atoms with van der Waals surface area (Å²) in [6.07, 6.45) is 9.43. The quantitative estimate of drug-likeness (QED) is 0.890. The zero-order chi connectivity index (χ0) is 12.4. The van der Waals surface area contributed by atoms with E-state index in [1.165, 1.54) is 29.8 Å². The van der Waals surface area contributed by atoms with Gasteiger partial charge in [0.25, 0.3) is 0 Å². The largest absolute Gasteiger partial charge is 0.330 e. The van der Waals surface area contributed by atoms with Crippen LogP contribution in [-0.4, -0.2) is 21.1 Å². The highest BCUT2D eigenvalue weighted by Crippen LogP contribution is 2.22. The second kappa shape index (κ2) is 4.90. The maximum Gasteiger partial charge on any atom is 0.138 e. The maximum atomic E-state index is 5.54. The molecule has 2 N–H and O–H groups in total. The van der Waals surface area contributed by atoms with Crippen molar-refractivity contribution in [1.29, 1.82) is 0 Å². The second-order valence-corrected chi connectivity index (χ2v) is 4.78. The van der Waals surface area contributed by atoms with Gasteiger partial charge in [0.15, 0.2) is 0 Å². The lowest BCUT2D eigenvalue weighted by molar-refractivity contribution is 0.654. The van der Waals surface area contributed by atoms with Crippen LogP contribution < -0.4 is 5.73 Å². The Kier molecular flexibility index (Phi) is 3.11. The summed E-state index contributed by atoms with van der Waals surface area (Å²) in [4.78, 5) is 9.01. The average Bonchev–Trinajstić information content (AvgIpc) is 2.84. The topological polar surface area (TPSA) is 56.7 Å². The smallest absolute Gasteiger partial charge is 0.138 e. The number of rotatable bonds is 3. The van der Waals surface area contributed by atoms with Gasteiger partial charge in [-0.2, -0.15) is 0 Å². The molecule has 2 heterocycles. The lowest BCUT2D eigenvalue weighted by Gasteiger charge is -2.13. The van der Waals surface area contributed by atoms with Crippen LogP contribution in [0, 0.1) is 0 Å². The van der Waals surface area contributed by atoms with E-state index in [1.807, 2.05) is 12.5 Å². The van der Waals surface area contributed by atoms with Crippen LogP contribution in [-0.2, 0) is 19.3 Å². The minimum atomic E-state index is 0.668. The van der Waals surface area contributed by atoms with Gasteiger partial charge in [-0.3, -0.25) is 4.57 Å². The number of nitrogens with two attached hydrogens (primary N) is 1. The van der Waals surface area contributed by atoms with Crippen molar-refractivity contribution in [3.63, 3.8) is 0 Å². The van der Waals surface area contributed by atoms with Crippen molar-refractivity contribution in [3.05, 3.63) is 41.6 Å². The molecule has 18 heavy (non-hydrogen) atoms. The predicted octanol–water partition coefficient (Wildman–Crippen LogP) is 1.65. The van der Waals surface area contributed by atoms with E-state index < -0.39 is 0 Å². The third-order valence-corrected chi connectivity index (χ3v) is 3.52. The van der Waals surface area contributed by atoms with Crippen molar-refractivity contribution in [2.75, 3.05) is 6.54 Å². The molecule has 2 aromatic rings. The first-order valence-corrected chi connectivity index (χ1v) is 6.59. The minimum absolute atomic E-state index is 0.668. The molecule has 0 unspecified atom stereocenters. The molecule has 0 radical (unpaired) electrons. The molecule has 4 nitrogen and oxygen atoms in total.